The summed E-state index contributed by atoms with van der Waals surface area (Å²) in [5, 5.41) is 0. The van der Waals surface area contributed by atoms with E-state index in [0.29, 0.717) is 5.92 Å². The molecule has 0 aromatic heterocycles. The van der Waals surface area contributed by atoms with Crippen LogP contribution >= 0.6 is 0 Å². The summed E-state index contributed by atoms with van der Waals surface area (Å²) in [5.74, 6) is 0.106. The van der Waals surface area contributed by atoms with E-state index in [-0.39, 0.29) is 12.1 Å². The van der Waals surface area contributed by atoms with E-state index >= 15 is 0 Å². The molecular formula is C23H33NO3S. The van der Waals surface area contributed by atoms with Crippen LogP contribution in [0.1, 0.15) is 84.5 Å². The van der Waals surface area contributed by atoms with Gasteiger partial charge in [0, 0.05) is 40.6 Å². The van der Waals surface area contributed by atoms with Gasteiger partial charge in [0.25, 0.3) is 0 Å². The first kappa shape index (κ1) is 19.9. The lowest BCUT2D eigenvalue weighted by atomic mass is 9.86. The van der Waals surface area contributed by atoms with Crippen molar-refractivity contribution in [2.75, 3.05) is 6.54 Å². The van der Waals surface area contributed by atoms with Crippen LogP contribution in [-0.2, 0) is 20.3 Å². The largest absolute Gasteiger partial charge is 0.463 e. The maximum absolute atomic E-state index is 13.4. The lowest BCUT2D eigenvalue weighted by Gasteiger charge is -2.43. The molecule has 1 heterocycles. The average molecular weight is 404 g/mol. The van der Waals surface area contributed by atoms with Crippen molar-refractivity contribution in [3.63, 3.8) is 0 Å². The number of rotatable bonds is 4. The first-order valence-electron chi connectivity index (χ1n) is 11.0. The molecule has 0 radical (unpaired) electrons. The van der Waals surface area contributed by atoms with E-state index in [1.807, 2.05) is 6.92 Å². The molecule has 0 N–H and O–H groups in total. The molecule has 0 aromatic carbocycles. The number of ether oxygens (including phenoxy) is 1. The van der Waals surface area contributed by atoms with Gasteiger partial charge >= 0.3 is 5.97 Å². The number of hydrogen-bond acceptors (Lipinski definition) is 4. The summed E-state index contributed by atoms with van der Waals surface area (Å²) >= 11 is 0. The Labute approximate surface area is 171 Å². The Bertz CT molecular complexity index is 764. The minimum atomic E-state index is -0.949. The third-order valence-corrected chi connectivity index (χ3v) is 8.54. The fourth-order valence-corrected chi connectivity index (χ4v) is 7.01. The summed E-state index contributed by atoms with van der Waals surface area (Å²) in [4.78, 5) is 16.3. The average Bonchev–Trinajstić information content (AvgIpc) is 2.71. The van der Waals surface area contributed by atoms with Crippen molar-refractivity contribution in [1.82, 2.24) is 4.90 Å². The van der Waals surface area contributed by atoms with E-state index in [0.717, 1.165) is 50.0 Å². The maximum atomic E-state index is 13.4. The topological polar surface area (TPSA) is 46.6 Å². The molecule has 0 saturated heterocycles. The van der Waals surface area contributed by atoms with E-state index in [1.54, 1.807) is 5.57 Å². The van der Waals surface area contributed by atoms with Crippen LogP contribution in [0.15, 0.2) is 32.9 Å². The number of esters is 1. The molecule has 4 aliphatic rings. The monoisotopic (exact) mass is 403 g/mol. The van der Waals surface area contributed by atoms with E-state index in [4.69, 9.17) is 4.74 Å². The van der Waals surface area contributed by atoms with Gasteiger partial charge in [0.15, 0.2) is 0 Å². The predicted molar refractivity (Wildman–Crippen MR) is 112 cm³/mol. The number of hydrogen-bond donors (Lipinski definition) is 0. The van der Waals surface area contributed by atoms with Crippen molar-refractivity contribution < 1.29 is 13.7 Å². The van der Waals surface area contributed by atoms with Gasteiger partial charge in [-0.15, -0.1) is 0 Å². The fourth-order valence-electron chi connectivity index (χ4n) is 5.24. The number of nitrogens with zero attached hydrogens (tertiary/aromatic N) is 1. The fraction of sp³-hybridized carbons (Fsp3) is 0.696. The van der Waals surface area contributed by atoms with Crippen molar-refractivity contribution in [2.45, 2.75) is 90.6 Å². The molecule has 0 spiro atoms. The predicted octanol–water partition coefficient (Wildman–Crippen LogP) is 5.30. The second-order valence-corrected chi connectivity index (χ2v) is 10.3. The lowest BCUT2D eigenvalue weighted by Crippen LogP contribution is -2.38. The summed E-state index contributed by atoms with van der Waals surface area (Å²) < 4.78 is 18.9. The highest BCUT2D eigenvalue weighted by Crippen LogP contribution is 2.46. The second-order valence-electron chi connectivity index (χ2n) is 8.73. The molecule has 1 aliphatic heterocycles. The van der Waals surface area contributed by atoms with Gasteiger partial charge in [0.1, 0.15) is 6.10 Å². The van der Waals surface area contributed by atoms with Crippen molar-refractivity contribution >= 4 is 16.8 Å². The van der Waals surface area contributed by atoms with E-state index < -0.39 is 10.8 Å². The second kappa shape index (κ2) is 8.56. The van der Waals surface area contributed by atoms with Gasteiger partial charge in [-0.2, -0.15) is 0 Å². The Morgan fingerprint density at radius 1 is 1.14 bits per heavy atom. The zero-order valence-electron chi connectivity index (χ0n) is 17.3. The maximum Gasteiger partial charge on any atom is 0.302 e. The van der Waals surface area contributed by atoms with E-state index in [2.05, 4.69) is 11.0 Å². The zero-order chi connectivity index (χ0) is 19.7. The smallest absolute Gasteiger partial charge is 0.302 e. The molecular weight excluding hydrogens is 370 g/mol. The zero-order valence-corrected chi connectivity index (χ0v) is 18.1. The van der Waals surface area contributed by atoms with E-state index in [9.17, 15) is 9.00 Å². The first-order valence-corrected chi connectivity index (χ1v) is 12.2. The van der Waals surface area contributed by atoms with Gasteiger partial charge in [0.05, 0.1) is 10.8 Å². The summed E-state index contributed by atoms with van der Waals surface area (Å²) in [6, 6.07) is 0. The van der Waals surface area contributed by atoms with Crippen molar-refractivity contribution in [1.29, 1.82) is 0 Å². The standard InChI is InChI=1S/C23H33NO3S/c1-16(27-17(2)25)19-12-13-23-21(14-19)24(15-18-8-4-3-5-9-18)20-10-6-7-11-22(20)28(23)26/h8,16,19H,3-7,9-15H2,1-2H3. The first-order chi connectivity index (χ1) is 13.5. The molecule has 5 heteroatoms. The van der Waals surface area contributed by atoms with Gasteiger partial charge in [-0.05, 0) is 77.6 Å². The summed E-state index contributed by atoms with van der Waals surface area (Å²) in [7, 11) is -0.949. The van der Waals surface area contributed by atoms with Crippen molar-refractivity contribution in [3.8, 4) is 0 Å². The molecule has 3 unspecified atom stereocenters. The van der Waals surface area contributed by atoms with Gasteiger partial charge in [-0.3, -0.25) is 4.79 Å². The minimum absolute atomic E-state index is 0.0857. The molecule has 0 aromatic rings. The minimum Gasteiger partial charge on any atom is -0.463 e. The molecule has 4 nitrogen and oxygen atoms in total. The molecule has 0 amide bonds. The van der Waals surface area contributed by atoms with Gasteiger partial charge < -0.3 is 9.64 Å². The van der Waals surface area contributed by atoms with Crippen LogP contribution in [0.2, 0.25) is 0 Å². The molecule has 0 fully saturated rings. The van der Waals surface area contributed by atoms with Crippen LogP contribution in [0, 0.1) is 5.92 Å². The molecule has 3 aliphatic carbocycles. The highest BCUT2D eigenvalue weighted by molar-refractivity contribution is 7.92. The van der Waals surface area contributed by atoms with Crippen molar-refractivity contribution in [2.24, 2.45) is 5.92 Å². The van der Waals surface area contributed by atoms with Crippen LogP contribution in [0.4, 0.5) is 0 Å². The summed E-state index contributed by atoms with van der Waals surface area (Å²) in [6.45, 7) is 4.46. The normalized spacial score (nSPS) is 29.1. The Morgan fingerprint density at radius 3 is 2.64 bits per heavy atom. The highest BCUT2D eigenvalue weighted by atomic mass is 32.2. The number of carbonyl (C=O) groups excluding carboxylic acids is 1. The molecule has 3 atom stereocenters. The lowest BCUT2D eigenvalue weighted by molar-refractivity contribution is -0.148. The van der Waals surface area contributed by atoms with Gasteiger partial charge in [0.2, 0.25) is 0 Å². The molecule has 28 heavy (non-hydrogen) atoms. The van der Waals surface area contributed by atoms with Crippen molar-refractivity contribution in [3.05, 3.63) is 32.9 Å². The molecule has 0 bridgehead atoms. The van der Waals surface area contributed by atoms with Crippen LogP contribution in [0.5, 0.6) is 0 Å². The Morgan fingerprint density at radius 2 is 1.89 bits per heavy atom. The Kier molecular flexibility index (Phi) is 6.10. The van der Waals surface area contributed by atoms with Gasteiger partial charge in [-0.25, -0.2) is 4.21 Å². The SMILES string of the molecule is CC(=O)OC(C)C1CCC2=C(C1)N(CC1=CCCCC1)C1=C(CCCC1)S2=O. The Hall–Kier alpha value is -1.36. The number of allylic oxidation sites excluding steroid dienone is 5. The quantitative estimate of drug-likeness (QED) is 0.472. The third-order valence-electron chi connectivity index (χ3n) is 6.77. The van der Waals surface area contributed by atoms with Crippen LogP contribution in [-0.4, -0.2) is 27.7 Å². The summed E-state index contributed by atoms with van der Waals surface area (Å²) in [5.41, 5.74) is 4.16. The Balaban J connectivity index is 1.64. The molecule has 154 valence electrons. The molecule has 0 saturated carbocycles. The number of carbonyl (C=O) groups is 1. The van der Waals surface area contributed by atoms with Crippen LogP contribution in [0.3, 0.4) is 0 Å². The van der Waals surface area contributed by atoms with Crippen LogP contribution < -0.4 is 0 Å². The van der Waals surface area contributed by atoms with Crippen LogP contribution in [0.25, 0.3) is 0 Å². The van der Waals surface area contributed by atoms with Gasteiger partial charge in [-0.1, -0.05) is 11.6 Å². The molecule has 4 rings (SSSR count). The van der Waals surface area contributed by atoms with E-state index in [1.165, 1.54) is 55.3 Å². The summed E-state index contributed by atoms with van der Waals surface area (Å²) in [6.07, 6.45) is 14.4. The highest BCUT2D eigenvalue weighted by Gasteiger charge is 2.38. The third kappa shape index (κ3) is 4.00.